The Labute approximate surface area is 174 Å². The average Bonchev–Trinajstić information content (AvgIpc) is 2.66. The van der Waals surface area contributed by atoms with Gasteiger partial charge in [-0.25, -0.2) is 0 Å². The number of morpholine rings is 1. The van der Waals surface area contributed by atoms with E-state index in [1.54, 1.807) is 0 Å². The van der Waals surface area contributed by atoms with Crippen molar-refractivity contribution in [2.24, 2.45) is 0 Å². The summed E-state index contributed by atoms with van der Waals surface area (Å²) in [6.45, 7) is 12.0. The van der Waals surface area contributed by atoms with Crippen LogP contribution in [-0.4, -0.2) is 49.3 Å². The van der Waals surface area contributed by atoms with Crippen LogP contribution in [0.2, 0.25) is 0 Å². The van der Waals surface area contributed by atoms with Crippen molar-refractivity contribution >= 4 is 5.91 Å². The fourth-order valence-corrected chi connectivity index (χ4v) is 3.88. The van der Waals surface area contributed by atoms with Crippen molar-refractivity contribution < 1.29 is 14.3 Å². The van der Waals surface area contributed by atoms with E-state index in [9.17, 15) is 4.79 Å². The second-order valence-corrected chi connectivity index (χ2v) is 7.97. The van der Waals surface area contributed by atoms with Crippen LogP contribution >= 0.6 is 0 Å². The lowest BCUT2D eigenvalue weighted by molar-refractivity contribution is -0.0704. The summed E-state index contributed by atoms with van der Waals surface area (Å²) >= 11 is 0. The van der Waals surface area contributed by atoms with Gasteiger partial charge in [0.25, 0.3) is 5.91 Å². The van der Waals surface area contributed by atoms with Crippen molar-refractivity contribution in [1.29, 1.82) is 0 Å². The normalized spacial score (nSPS) is 19.7. The number of hydrogen-bond acceptors (Lipinski definition) is 4. The Bertz CT molecular complexity index is 789. The van der Waals surface area contributed by atoms with Crippen LogP contribution < -0.4 is 10.1 Å². The Kier molecular flexibility index (Phi) is 7.29. The van der Waals surface area contributed by atoms with E-state index < -0.39 is 0 Å². The van der Waals surface area contributed by atoms with Gasteiger partial charge in [0, 0.05) is 25.2 Å². The Morgan fingerprint density at radius 1 is 1.07 bits per heavy atom. The van der Waals surface area contributed by atoms with Crippen LogP contribution in [0.1, 0.15) is 40.9 Å². The molecule has 5 heteroatoms. The monoisotopic (exact) mass is 396 g/mol. The Morgan fingerprint density at radius 3 is 2.31 bits per heavy atom. The summed E-state index contributed by atoms with van der Waals surface area (Å²) in [5, 5.41) is 2.93. The summed E-state index contributed by atoms with van der Waals surface area (Å²) in [5.74, 6) is 0.827. The van der Waals surface area contributed by atoms with Gasteiger partial charge in [-0.15, -0.1) is 0 Å². The molecule has 0 spiro atoms. The second-order valence-electron chi connectivity index (χ2n) is 7.97. The third-order valence-electron chi connectivity index (χ3n) is 5.16. The molecule has 0 saturated carbocycles. The zero-order chi connectivity index (χ0) is 20.8. The molecular weight excluding hydrogens is 364 g/mol. The molecule has 0 aliphatic carbocycles. The molecule has 0 radical (unpaired) electrons. The van der Waals surface area contributed by atoms with Crippen molar-refractivity contribution in [3.05, 3.63) is 64.7 Å². The summed E-state index contributed by atoms with van der Waals surface area (Å²) < 4.78 is 11.6. The van der Waals surface area contributed by atoms with E-state index >= 15 is 0 Å². The zero-order valence-electron chi connectivity index (χ0n) is 17.9. The number of rotatable bonds is 7. The number of hydrogen-bond donors (Lipinski definition) is 1. The van der Waals surface area contributed by atoms with E-state index in [1.165, 1.54) is 5.56 Å². The lowest BCUT2D eigenvalue weighted by atomic mass is 10.1. The molecule has 156 valence electrons. The molecule has 0 bridgehead atoms. The van der Waals surface area contributed by atoms with Crippen LogP contribution in [0.5, 0.6) is 5.75 Å². The maximum absolute atomic E-state index is 12.4. The number of nitrogens with zero attached hydrogens (tertiary/aromatic N) is 1. The van der Waals surface area contributed by atoms with Crippen molar-refractivity contribution in [2.45, 2.75) is 46.4 Å². The maximum Gasteiger partial charge on any atom is 0.251 e. The first-order valence-electron chi connectivity index (χ1n) is 10.4. The standard InChI is InChI=1S/C24H32N2O3/c1-17-6-5-7-18(2)23(17)28-13-12-25-24(27)22-10-8-21(9-11-22)16-26-14-19(3)29-20(4)15-26/h5-11,19-20H,12-16H2,1-4H3,(H,25,27). The number of aryl methyl sites for hydroxylation is 2. The molecule has 1 heterocycles. The van der Waals surface area contributed by atoms with Crippen LogP contribution in [0.4, 0.5) is 0 Å². The number of para-hydroxylation sites is 1. The molecule has 1 fully saturated rings. The predicted molar refractivity (Wildman–Crippen MR) is 115 cm³/mol. The maximum atomic E-state index is 12.4. The van der Waals surface area contributed by atoms with Gasteiger partial charge in [0.1, 0.15) is 12.4 Å². The quantitative estimate of drug-likeness (QED) is 0.725. The zero-order valence-corrected chi connectivity index (χ0v) is 17.9. The minimum Gasteiger partial charge on any atom is -0.491 e. The summed E-state index contributed by atoms with van der Waals surface area (Å²) in [4.78, 5) is 14.8. The Morgan fingerprint density at radius 2 is 1.69 bits per heavy atom. The molecule has 1 aliphatic heterocycles. The molecule has 1 amide bonds. The van der Waals surface area contributed by atoms with Gasteiger partial charge in [-0.3, -0.25) is 9.69 Å². The summed E-state index contributed by atoms with van der Waals surface area (Å²) in [6.07, 6.45) is 0.518. The van der Waals surface area contributed by atoms with Crippen molar-refractivity contribution in [2.75, 3.05) is 26.2 Å². The van der Waals surface area contributed by atoms with E-state index in [1.807, 2.05) is 56.3 Å². The largest absolute Gasteiger partial charge is 0.491 e. The van der Waals surface area contributed by atoms with Crippen LogP contribution in [0.25, 0.3) is 0 Å². The highest BCUT2D eigenvalue weighted by atomic mass is 16.5. The highest BCUT2D eigenvalue weighted by Crippen LogP contribution is 2.22. The molecule has 5 nitrogen and oxygen atoms in total. The highest BCUT2D eigenvalue weighted by molar-refractivity contribution is 5.94. The third-order valence-corrected chi connectivity index (χ3v) is 5.16. The van der Waals surface area contributed by atoms with Gasteiger partial charge in [-0.05, 0) is 56.5 Å². The van der Waals surface area contributed by atoms with Crippen LogP contribution in [-0.2, 0) is 11.3 Å². The lowest BCUT2D eigenvalue weighted by Gasteiger charge is -2.35. The molecule has 1 N–H and O–H groups in total. The van der Waals surface area contributed by atoms with Crippen LogP contribution in [0.3, 0.4) is 0 Å². The van der Waals surface area contributed by atoms with Gasteiger partial charge in [-0.1, -0.05) is 30.3 Å². The van der Waals surface area contributed by atoms with Gasteiger partial charge >= 0.3 is 0 Å². The van der Waals surface area contributed by atoms with Gasteiger partial charge in [0.15, 0.2) is 0 Å². The summed E-state index contributed by atoms with van der Waals surface area (Å²) in [7, 11) is 0. The SMILES string of the molecule is Cc1cccc(C)c1OCCNC(=O)c1ccc(CN2CC(C)OC(C)C2)cc1. The first-order valence-corrected chi connectivity index (χ1v) is 10.4. The van der Waals surface area contributed by atoms with Crippen LogP contribution in [0.15, 0.2) is 42.5 Å². The number of ether oxygens (including phenoxy) is 2. The van der Waals surface area contributed by atoms with E-state index in [0.717, 1.165) is 36.5 Å². The number of nitrogens with one attached hydrogen (secondary N) is 1. The fraction of sp³-hybridized carbons (Fsp3) is 0.458. The van der Waals surface area contributed by atoms with E-state index in [2.05, 4.69) is 24.1 Å². The average molecular weight is 397 g/mol. The molecule has 29 heavy (non-hydrogen) atoms. The minimum atomic E-state index is -0.0738. The van der Waals surface area contributed by atoms with Crippen molar-refractivity contribution in [3.63, 3.8) is 0 Å². The summed E-state index contributed by atoms with van der Waals surface area (Å²) in [5.41, 5.74) is 4.10. The van der Waals surface area contributed by atoms with Crippen molar-refractivity contribution in [3.8, 4) is 5.75 Å². The number of benzene rings is 2. The van der Waals surface area contributed by atoms with Crippen LogP contribution in [0, 0.1) is 13.8 Å². The molecule has 1 aliphatic rings. The summed E-state index contributed by atoms with van der Waals surface area (Å²) in [6, 6.07) is 13.9. The molecule has 2 unspecified atom stereocenters. The predicted octanol–water partition coefficient (Wildman–Crippen LogP) is 3.72. The topological polar surface area (TPSA) is 50.8 Å². The number of amides is 1. The first-order chi connectivity index (χ1) is 13.9. The van der Waals surface area contributed by atoms with E-state index in [-0.39, 0.29) is 18.1 Å². The minimum absolute atomic E-state index is 0.0738. The molecule has 2 atom stereocenters. The molecule has 1 saturated heterocycles. The van der Waals surface area contributed by atoms with Gasteiger partial charge in [0.2, 0.25) is 0 Å². The fourth-order valence-electron chi connectivity index (χ4n) is 3.88. The molecule has 2 aromatic rings. The molecule has 0 aromatic heterocycles. The van der Waals surface area contributed by atoms with E-state index in [4.69, 9.17) is 9.47 Å². The molecule has 2 aromatic carbocycles. The molecular formula is C24H32N2O3. The first kappa shape index (κ1) is 21.3. The van der Waals surface area contributed by atoms with Gasteiger partial charge in [-0.2, -0.15) is 0 Å². The third kappa shape index (κ3) is 6.05. The lowest BCUT2D eigenvalue weighted by Crippen LogP contribution is -2.44. The highest BCUT2D eigenvalue weighted by Gasteiger charge is 2.22. The Hall–Kier alpha value is -2.37. The van der Waals surface area contributed by atoms with Gasteiger partial charge < -0.3 is 14.8 Å². The van der Waals surface area contributed by atoms with Gasteiger partial charge in [0.05, 0.1) is 18.8 Å². The van der Waals surface area contributed by atoms with E-state index in [0.29, 0.717) is 18.7 Å². The smallest absolute Gasteiger partial charge is 0.251 e. The number of carbonyl (C=O) groups excluding carboxylic acids is 1. The molecule has 3 rings (SSSR count). The Balaban J connectivity index is 1.45. The van der Waals surface area contributed by atoms with Crippen molar-refractivity contribution in [1.82, 2.24) is 10.2 Å². The number of carbonyl (C=O) groups is 1. The second kappa shape index (κ2) is 9.90.